The maximum atomic E-state index is 13.2. The topological polar surface area (TPSA) is 68.7 Å². The second-order valence-electron chi connectivity index (χ2n) is 9.92. The predicted octanol–water partition coefficient (Wildman–Crippen LogP) is 5.88. The number of hydrogen-bond donors (Lipinski definition) is 0. The van der Waals surface area contributed by atoms with Gasteiger partial charge in [-0.25, -0.2) is 9.17 Å². The molecule has 1 fully saturated rings. The summed E-state index contributed by atoms with van der Waals surface area (Å²) in [7, 11) is -1.99. The predicted molar refractivity (Wildman–Crippen MR) is 142 cm³/mol. The number of aromatic nitrogens is 1. The van der Waals surface area contributed by atoms with Crippen LogP contribution >= 0.6 is 0 Å². The standard InChI is InChI=1S/C29H34N2O4S/c1-5-15-34-24-17-21(6-2)26-11-12-27(30-28(26)18-24)22-16-23-13-14-29(19-22,31(23)4)35-36(32,33)25-9-7-20(3)8-10-25/h7-12,17-19,23H,5-6,13-16H2,1-4H3. The number of hydrogen-bond acceptors (Lipinski definition) is 6. The Bertz CT molecular complexity index is 1420. The molecule has 1 saturated heterocycles. The van der Waals surface area contributed by atoms with Crippen LogP contribution < -0.4 is 4.74 Å². The molecule has 1 aromatic heterocycles. The Hall–Kier alpha value is -2.74. The molecule has 5 rings (SSSR count). The molecule has 36 heavy (non-hydrogen) atoms. The lowest BCUT2D eigenvalue weighted by molar-refractivity contribution is -0.0117. The number of fused-ring (bicyclic) bond motifs is 3. The Labute approximate surface area is 214 Å². The van der Waals surface area contributed by atoms with Crippen LogP contribution in [-0.2, 0) is 20.7 Å². The molecule has 0 radical (unpaired) electrons. The lowest BCUT2D eigenvalue weighted by Gasteiger charge is -2.39. The van der Waals surface area contributed by atoms with Crippen LogP contribution in [0.2, 0.25) is 0 Å². The first-order valence-corrected chi connectivity index (χ1v) is 14.2. The minimum Gasteiger partial charge on any atom is -0.494 e. The maximum absolute atomic E-state index is 13.2. The fourth-order valence-corrected chi connectivity index (χ4v) is 6.55. The molecule has 0 N–H and O–H groups in total. The van der Waals surface area contributed by atoms with Crippen LogP contribution in [0.1, 0.15) is 56.4 Å². The third-order valence-corrected chi connectivity index (χ3v) is 8.81. The summed E-state index contributed by atoms with van der Waals surface area (Å²) in [6.45, 7) is 6.83. The SMILES string of the molecule is CCCOc1cc(CC)c2ccc(C3=CC4(OS(=O)(=O)c5ccc(C)cc5)CCC(C3)N4C)nc2c1. The molecule has 0 amide bonds. The molecule has 7 heteroatoms. The summed E-state index contributed by atoms with van der Waals surface area (Å²) >= 11 is 0. The zero-order valence-corrected chi connectivity index (χ0v) is 22.3. The van der Waals surface area contributed by atoms with E-state index in [-0.39, 0.29) is 10.9 Å². The van der Waals surface area contributed by atoms with Crippen molar-refractivity contribution in [3.8, 4) is 5.75 Å². The van der Waals surface area contributed by atoms with Gasteiger partial charge in [-0.15, -0.1) is 0 Å². The van der Waals surface area contributed by atoms with Gasteiger partial charge < -0.3 is 4.74 Å². The van der Waals surface area contributed by atoms with Gasteiger partial charge in [0.15, 0.2) is 5.72 Å². The van der Waals surface area contributed by atoms with Gasteiger partial charge in [-0.05, 0) is 87.6 Å². The highest BCUT2D eigenvalue weighted by Crippen LogP contribution is 2.46. The summed E-state index contributed by atoms with van der Waals surface area (Å²) in [6.07, 6.45) is 6.10. The Morgan fingerprint density at radius 3 is 2.61 bits per heavy atom. The van der Waals surface area contributed by atoms with Gasteiger partial charge in [0, 0.05) is 17.5 Å². The number of ether oxygens (including phenoxy) is 1. The number of likely N-dealkylation sites (N-methyl/N-ethyl adjacent to an activating group) is 1. The third kappa shape index (κ3) is 4.56. The molecule has 0 aliphatic carbocycles. The molecule has 3 heterocycles. The average molecular weight is 507 g/mol. The smallest absolute Gasteiger partial charge is 0.299 e. The number of rotatable bonds is 8. The van der Waals surface area contributed by atoms with Crippen LogP contribution in [0.4, 0.5) is 0 Å². The minimum absolute atomic E-state index is 0.176. The highest BCUT2D eigenvalue weighted by atomic mass is 32.2. The van der Waals surface area contributed by atoms with Crippen molar-refractivity contribution in [1.29, 1.82) is 0 Å². The van der Waals surface area contributed by atoms with Crippen molar-refractivity contribution in [3.63, 3.8) is 0 Å². The van der Waals surface area contributed by atoms with E-state index >= 15 is 0 Å². The Kier molecular flexibility index (Phi) is 6.66. The molecule has 0 saturated carbocycles. The van der Waals surface area contributed by atoms with Gasteiger partial charge in [-0.2, -0.15) is 8.42 Å². The summed E-state index contributed by atoms with van der Waals surface area (Å²) in [5, 5.41) is 1.12. The number of benzene rings is 2. The van der Waals surface area contributed by atoms with E-state index in [1.165, 1.54) is 5.56 Å². The normalized spacial score (nSPS) is 22.1. The van der Waals surface area contributed by atoms with Gasteiger partial charge in [-0.1, -0.05) is 37.6 Å². The van der Waals surface area contributed by atoms with E-state index in [0.29, 0.717) is 13.0 Å². The molecule has 2 unspecified atom stereocenters. The zero-order valence-electron chi connectivity index (χ0n) is 21.5. The zero-order chi connectivity index (χ0) is 25.5. The fraction of sp³-hybridized carbons (Fsp3) is 0.414. The van der Waals surface area contributed by atoms with E-state index in [1.807, 2.05) is 32.2 Å². The van der Waals surface area contributed by atoms with E-state index in [1.54, 1.807) is 24.3 Å². The van der Waals surface area contributed by atoms with Crippen LogP contribution in [0.5, 0.6) is 5.75 Å². The van der Waals surface area contributed by atoms with Gasteiger partial charge >= 0.3 is 0 Å². The van der Waals surface area contributed by atoms with Crippen molar-refractivity contribution in [2.45, 2.75) is 69.5 Å². The summed E-state index contributed by atoms with van der Waals surface area (Å²) in [6, 6.07) is 15.3. The first-order chi connectivity index (χ1) is 17.2. The van der Waals surface area contributed by atoms with Gasteiger partial charge in [-0.3, -0.25) is 4.90 Å². The second-order valence-corrected chi connectivity index (χ2v) is 11.5. The Balaban J connectivity index is 1.53. The Morgan fingerprint density at radius 1 is 1.11 bits per heavy atom. The third-order valence-electron chi connectivity index (χ3n) is 7.45. The first kappa shape index (κ1) is 24.9. The van der Waals surface area contributed by atoms with Crippen LogP contribution in [0.15, 0.2) is 59.5 Å². The minimum atomic E-state index is -3.94. The monoisotopic (exact) mass is 506 g/mol. The summed E-state index contributed by atoms with van der Waals surface area (Å²) in [4.78, 5) is 7.26. The fourth-order valence-electron chi connectivity index (χ4n) is 5.35. The molecule has 3 aromatic rings. The summed E-state index contributed by atoms with van der Waals surface area (Å²) < 4.78 is 38.4. The molecular formula is C29H34N2O4S. The van der Waals surface area contributed by atoms with Crippen molar-refractivity contribution in [1.82, 2.24) is 9.88 Å². The molecule has 2 aromatic carbocycles. The molecule has 2 bridgehead atoms. The van der Waals surface area contributed by atoms with Gasteiger partial charge in [0.2, 0.25) is 0 Å². The molecule has 2 aliphatic heterocycles. The van der Waals surface area contributed by atoms with Crippen molar-refractivity contribution in [3.05, 3.63) is 71.4 Å². The van der Waals surface area contributed by atoms with Gasteiger partial charge in [0.05, 0.1) is 22.7 Å². The van der Waals surface area contributed by atoms with Crippen LogP contribution in [0.3, 0.4) is 0 Å². The van der Waals surface area contributed by atoms with Crippen molar-refractivity contribution in [2.24, 2.45) is 0 Å². The van der Waals surface area contributed by atoms with Gasteiger partial charge in [0.25, 0.3) is 10.1 Å². The summed E-state index contributed by atoms with van der Waals surface area (Å²) in [5.41, 5.74) is 3.97. The number of aryl methyl sites for hydroxylation is 2. The highest BCUT2D eigenvalue weighted by Gasteiger charge is 2.50. The van der Waals surface area contributed by atoms with E-state index in [4.69, 9.17) is 13.9 Å². The highest BCUT2D eigenvalue weighted by molar-refractivity contribution is 7.86. The average Bonchev–Trinajstić information content (AvgIpc) is 3.03. The second kappa shape index (κ2) is 9.61. The van der Waals surface area contributed by atoms with Crippen LogP contribution in [0, 0.1) is 6.92 Å². The van der Waals surface area contributed by atoms with E-state index < -0.39 is 15.8 Å². The molecule has 190 valence electrons. The number of nitrogens with zero attached hydrogens (tertiary/aromatic N) is 2. The van der Waals surface area contributed by atoms with E-state index in [0.717, 1.165) is 59.2 Å². The van der Waals surface area contributed by atoms with Crippen LogP contribution in [0.25, 0.3) is 16.5 Å². The van der Waals surface area contributed by atoms with E-state index in [2.05, 4.69) is 30.9 Å². The molecule has 2 aliphatic rings. The molecule has 2 atom stereocenters. The van der Waals surface area contributed by atoms with Crippen molar-refractivity contribution in [2.75, 3.05) is 13.7 Å². The van der Waals surface area contributed by atoms with Crippen molar-refractivity contribution < 1.29 is 17.3 Å². The quantitative estimate of drug-likeness (QED) is 0.356. The largest absolute Gasteiger partial charge is 0.494 e. The maximum Gasteiger partial charge on any atom is 0.299 e. The van der Waals surface area contributed by atoms with Crippen LogP contribution in [-0.4, -0.2) is 43.7 Å². The number of pyridine rings is 1. The molecular weight excluding hydrogens is 472 g/mol. The van der Waals surface area contributed by atoms with E-state index in [9.17, 15) is 8.42 Å². The molecule has 0 spiro atoms. The van der Waals surface area contributed by atoms with Gasteiger partial charge in [0.1, 0.15) is 5.75 Å². The lowest BCUT2D eigenvalue weighted by atomic mass is 9.96. The first-order valence-electron chi connectivity index (χ1n) is 12.8. The summed E-state index contributed by atoms with van der Waals surface area (Å²) in [5.74, 6) is 0.840. The lowest BCUT2D eigenvalue weighted by Crippen LogP contribution is -2.49. The Morgan fingerprint density at radius 2 is 1.89 bits per heavy atom. The molecule has 6 nitrogen and oxygen atoms in total. The van der Waals surface area contributed by atoms with Crippen molar-refractivity contribution >= 4 is 26.6 Å².